The molecule has 1 aromatic heterocycles. The van der Waals surface area contributed by atoms with Crippen molar-refractivity contribution in [3.05, 3.63) is 80.7 Å². The molecule has 7 nitrogen and oxygen atoms in total. The number of thioether (sulfide) groups is 1. The fraction of sp³-hybridized carbons (Fsp3) is 0.292. The van der Waals surface area contributed by atoms with E-state index in [9.17, 15) is 10.1 Å². The molecule has 1 aliphatic carbocycles. The first-order chi connectivity index (χ1) is 16.1. The molecule has 0 saturated heterocycles. The lowest BCUT2D eigenvalue weighted by atomic mass is 10.0. The molecular formula is C24H24N4O3S2. The maximum absolute atomic E-state index is 11.0. The first kappa shape index (κ1) is 21.8. The van der Waals surface area contributed by atoms with E-state index in [1.807, 2.05) is 53.5 Å². The predicted octanol–water partition coefficient (Wildman–Crippen LogP) is 5.66. The van der Waals surface area contributed by atoms with Crippen molar-refractivity contribution in [3.8, 4) is 17.0 Å². The summed E-state index contributed by atoms with van der Waals surface area (Å²) >= 11 is 3.42. The van der Waals surface area contributed by atoms with E-state index in [1.54, 1.807) is 30.6 Å². The van der Waals surface area contributed by atoms with Crippen molar-refractivity contribution >= 4 is 33.9 Å². The number of anilines is 1. The van der Waals surface area contributed by atoms with E-state index in [0.29, 0.717) is 11.8 Å². The van der Waals surface area contributed by atoms with Crippen LogP contribution < -0.4 is 15.4 Å². The zero-order valence-electron chi connectivity index (χ0n) is 18.1. The molecule has 5 rings (SSSR count). The van der Waals surface area contributed by atoms with Gasteiger partial charge in [0.25, 0.3) is 5.69 Å². The van der Waals surface area contributed by atoms with Gasteiger partial charge < -0.3 is 15.4 Å². The second-order valence-electron chi connectivity index (χ2n) is 8.21. The van der Waals surface area contributed by atoms with Gasteiger partial charge in [-0.25, -0.2) is 4.98 Å². The maximum atomic E-state index is 11.0. The zero-order valence-corrected chi connectivity index (χ0v) is 19.7. The minimum absolute atomic E-state index is 0.00739. The van der Waals surface area contributed by atoms with E-state index in [1.165, 1.54) is 12.8 Å². The van der Waals surface area contributed by atoms with Crippen molar-refractivity contribution in [1.82, 2.24) is 10.3 Å². The number of nitro benzene ring substituents is 1. The Morgan fingerprint density at radius 3 is 2.82 bits per heavy atom. The largest absolute Gasteiger partial charge is 0.497 e. The molecule has 2 aromatic carbocycles. The Morgan fingerprint density at radius 2 is 2.09 bits per heavy atom. The van der Waals surface area contributed by atoms with Gasteiger partial charge in [-0.15, -0.1) is 23.1 Å². The van der Waals surface area contributed by atoms with Gasteiger partial charge in [0, 0.05) is 28.8 Å². The normalized spacial score (nSPS) is 18.3. The standard InChI is InChI=1S/C24H24N4O3S2/c1-31-19-4-2-3-17(12-19)21-13-33-24(27-21)26-20(22-14-32-23(25-22)16-7-8-16)11-15-5-9-18(10-6-15)28(29)30/h2-6,9-10,12-14,16,20,23,25H,7-8,11H2,1H3,(H,26,27)/t20-,23?/m0/s1. The molecule has 1 saturated carbocycles. The quantitative estimate of drug-likeness (QED) is 0.301. The summed E-state index contributed by atoms with van der Waals surface area (Å²) in [7, 11) is 1.66. The molecule has 1 aliphatic heterocycles. The van der Waals surface area contributed by atoms with Crippen LogP contribution in [-0.4, -0.2) is 28.4 Å². The highest BCUT2D eigenvalue weighted by atomic mass is 32.2. The van der Waals surface area contributed by atoms with Crippen molar-refractivity contribution in [2.45, 2.75) is 30.7 Å². The molecule has 0 amide bonds. The third-order valence-corrected chi connectivity index (χ3v) is 7.79. The van der Waals surface area contributed by atoms with Crippen molar-refractivity contribution in [1.29, 1.82) is 0 Å². The fourth-order valence-corrected chi connectivity index (χ4v) is 5.82. The van der Waals surface area contributed by atoms with Gasteiger partial charge >= 0.3 is 0 Å². The number of nitro groups is 1. The predicted molar refractivity (Wildman–Crippen MR) is 134 cm³/mol. The molecule has 1 unspecified atom stereocenters. The van der Waals surface area contributed by atoms with E-state index in [2.05, 4.69) is 16.0 Å². The maximum Gasteiger partial charge on any atom is 0.269 e. The minimum atomic E-state index is -0.368. The molecule has 3 aromatic rings. The van der Waals surface area contributed by atoms with Crippen LogP contribution in [0.2, 0.25) is 0 Å². The van der Waals surface area contributed by atoms with Crippen LogP contribution in [0.15, 0.2) is 65.0 Å². The van der Waals surface area contributed by atoms with Crippen LogP contribution in [0.25, 0.3) is 11.3 Å². The van der Waals surface area contributed by atoms with E-state index >= 15 is 0 Å². The third-order valence-electron chi connectivity index (χ3n) is 5.83. The zero-order chi connectivity index (χ0) is 22.8. The third kappa shape index (κ3) is 5.15. The Hall–Kier alpha value is -3.04. The summed E-state index contributed by atoms with van der Waals surface area (Å²) in [4.78, 5) is 15.5. The topological polar surface area (TPSA) is 89.3 Å². The Labute approximate surface area is 200 Å². The van der Waals surface area contributed by atoms with Crippen molar-refractivity contribution in [2.75, 3.05) is 12.4 Å². The molecule has 0 radical (unpaired) electrons. The van der Waals surface area contributed by atoms with Crippen molar-refractivity contribution in [2.24, 2.45) is 5.92 Å². The Balaban J connectivity index is 1.35. The molecule has 2 aliphatic rings. The number of rotatable bonds is 9. The van der Waals surface area contributed by atoms with E-state index in [-0.39, 0.29) is 16.7 Å². The Kier molecular flexibility index (Phi) is 6.24. The molecule has 0 spiro atoms. The number of non-ortho nitro benzene ring substituents is 1. The first-order valence-electron chi connectivity index (χ1n) is 10.8. The van der Waals surface area contributed by atoms with Crippen LogP contribution in [0.3, 0.4) is 0 Å². The van der Waals surface area contributed by atoms with Gasteiger partial charge in [-0.3, -0.25) is 10.1 Å². The average molecular weight is 481 g/mol. The SMILES string of the molecule is COc1cccc(-c2csc(N[C@@H](Cc3ccc([N+](=O)[O-])cc3)C3=CSC(C4CC4)N3)n2)c1. The summed E-state index contributed by atoms with van der Waals surface area (Å²) in [5, 5.41) is 23.8. The summed E-state index contributed by atoms with van der Waals surface area (Å²) in [5.74, 6) is 1.54. The van der Waals surface area contributed by atoms with Gasteiger partial charge in [0.2, 0.25) is 0 Å². The lowest BCUT2D eigenvalue weighted by Gasteiger charge is -2.22. The lowest BCUT2D eigenvalue weighted by Crippen LogP contribution is -2.34. The van der Waals surface area contributed by atoms with E-state index < -0.39 is 0 Å². The number of nitrogens with one attached hydrogen (secondary N) is 2. The summed E-state index contributed by atoms with van der Waals surface area (Å²) in [6, 6.07) is 14.7. The van der Waals surface area contributed by atoms with Crippen molar-refractivity contribution < 1.29 is 9.66 Å². The molecule has 1 fully saturated rings. The van der Waals surface area contributed by atoms with Crippen LogP contribution in [-0.2, 0) is 6.42 Å². The lowest BCUT2D eigenvalue weighted by molar-refractivity contribution is -0.384. The van der Waals surface area contributed by atoms with Gasteiger partial charge in [0.05, 0.1) is 29.1 Å². The number of hydrogen-bond donors (Lipinski definition) is 2. The number of benzene rings is 2. The molecule has 2 heterocycles. The van der Waals surface area contributed by atoms with Crippen LogP contribution in [0.4, 0.5) is 10.8 Å². The average Bonchev–Trinajstić information content (AvgIpc) is 3.37. The van der Waals surface area contributed by atoms with Gasteiger partial charge in [0.15, 0.2) is 5.13 Å². The van der Waals surface area contributed by atoms with Gasteiger partial charge in [0.1, 0.15) is 5.75 Å². The summed E-state index contributed by atoms with van der Waals surface area (Å²) in [6.45, 7) is 0. The van der Waals surface area contributed by atoms with Crippen LogP contribution in [0, 0.1) is 16.0 Å². The van der Waals surface area contributed by atoms with Crippen LogP contribution in [0.5, 0.6) is 5.75 Å². The number of nitrogens with zero attached hydrogens (tertiary/aromatic N) is 2. The van der Waals surface area contributed by atoms with Crippen LogP contribution >= 0.6 is 23.1 Å². The first-order valence-corrected chi connectivity index (χ1v) is 12.6. The monoisotopic (exact) mass is 480 g/mol. The molecule has 0 bridgehead atoms. The minimum Gasteiger partial charge on any atom is -0.497 e. The molecule has 9 heteroatoms. The van der Waals surface area contributed by atoms with Gasteiger partial charge in [-0.05, 0) is 48.3 Å². The fourth-order valence-electron chi connectivity index (χ4n) is 3.82. The molecule has 33 heavy (non-hydrogen) atoms. The summed E-state index contributed by atoms with van der Waals surface area (Å²) < 4.78 is 5.34. The second kappa shape index (κ2) is 9.44. The summed E-state index contributed by atoms with van der Waals surface area (Å²) in [6.07, 6.45) is 3.26. The molecular weight excluding hydrogens is 456 g/mol. The summed E-state index contributed by atoms with van der Waals surface area (Å²) in [5.41, 5.74) is 4.19. The number of aromatic nitrogens is 1. The number of methoxy groups -OCH3 is 1. The van der Waals surface area contributed by atoms with Crippen LogP contribution in [0.1, 0.15) is 18.4 Å². The van der Waals surface area contributed by atoms with E-state index in [0.717, 1.165) is 39.3 Å². The number of hydrogen-bond acceptors (Lipinski definition) is 8. The van der Waals surface area contributed by atoms with Gasteiger partial charge in [-0.1, -0.05) is 24.3 Å². The smallest absolute Gasteiger partial charge is 0.269 e. The molecule has 2 N–H and O–H groups in total. The highest BCUT2D eigenvalue weighted by molar-refractivity contribution is 8.03. The molecule has 2 atom stereocenters. The van der Waals surface area contributed by atoms with Crippen molar-refractivity contribution in [3.63, 3.8) is 0 Å². The highest BCUT2D eigenvalue weighted by Gasteiger charge is 2.35. The number of thiazole rings is 1. The number of ether oxygens (including phenoxy) is 1. The van der Waals surface area contributed by atoms with Gasteiger partial charge in [-0.2, -0.15) is 0 Å². The van der Waals surface area contributed by atoms with E-state index in [4.69, 9.17) is 9.72 Å². The molecule has 170 valence electrons. The Bertz CT molecular complexity index is 1170. The highest BCUT2D eigenvalue weighted by Crippen LogP contribution is 2.42. The second-order valence-corrected chi connectivity index (χ2v) is 10.1. The Morgan fingerprint density at radius 1 is 1.27 bits per heavy atom.